The monoisotopic (exact) mass is 352 g/mol. The van der Waals surface area contributed by atoms with Crippen LogP contribution in [0.5, 0.6) is 0 Å². The van der Waals surface area contributed by atoms with Gasteiger partial charge in [-0.1, -0.05) is 28.4 Å². The Balaban J connectivity index is 2.27. The lowest BCUT2D eigenvalue weighted by molar-refractivity contribution is 0.0526. The van der Waals surface area contributed by atoms with E-state index in [-0.39, 0.29) is 18.7 Å². The third-order valence-corrected chi connectivity index (χ3v) is 3.42. The van der Waals surface area contributed by atoms with Gasteiger partial charge in [-0.3, -0.25) is 4.98 Å². The van der Waals surface area contributed by atoms with Gasteiger partial charge in [-0.05, 0) is 42.8 Å². The number of ether oxygens (including phenoxy) is 1. The molecule has 0 saturated carbocycles. The predicted molar refractivity (Wildman–Crippen MR) is 88.7 cm³/mol. The van der Waals surface area contributed by atoms with Gasteiger partial charge in [-0.2, -0.15) is 0 Å². The van der Waals surface area contributed by atoms with E-state index in [0.717, 1.165) is 5.56 Å². The Morgan fingerprint density at radius 1 is 1.26 bits per heavy atom. The first-order valence-electron chi connectivity index (χ1n) is 6.83. The molecular formula is C16H14Cl2N2O3. The first-order chi connectivity index (χ1) is 11.0. The second-order valence-electron chi connectivity index (χ2n) is 4.65. The highest BCUT2D eigenvalue weighted by atomic mass is 35.5. The maximum atomic E-state index is 11.8. The van der Waals surface area contributed by atoms with Crippen molar-refractivity contribution in [3.63, 3.8) is 0 Å². The fourth-order valence-corrected chi connectivity index (χ4v) is 2.58. The zero-order valence-corrected chi connectivity index (χ0v) is 13.8. The molecular weight excluding hydrogens is 339 g/mol. The van der Waals surface area contributed by atoms with E-state index in [2.05, 4.69) is 10.1 Å². The molecule has 0 unspecified atom stereocenters. The molecule has 0 saturated heterocycles. The van der Waals surface area contributed by atoms with Gasteiger partial charge in [0.1, 0.15) is 5.71 Å². The van der Waals surface area contributed by atoms with Gasteiger partial charge in [-0.15, -0.1) is 0 Å². The molecule has 2 rings (SSSR count). The summed E-state index contributed by atoms with van der Waals surface area (Å²) < 4.78 is 4.94. The Morgan fingerprint density at radius 2 is 1.96 bits per heavy atom. The molecule has 0 aliphatic rings. The van der Waals surface area contributed by atoms with Crippen molar-refractivity contribution < 1.29 is 14.7 Å². The average molecular weight is 353 g/mol. The number of pyridine rings is 1. The Kier molecular flexibility index (Phi) is 5.96. The number of esters is 1. The maximum absolute atomic E-state index is 11.8. The zero-order chi connectivity index (χ0) is 16.8. The highest BCUT2D eigenvalue weighted by molar-refractivity contribution is 6.34. The summed E-state index contributed by atoms with van der Waals surface area (Å²) in [7, 11) is 0. The van der Waals surface area contributed by atoms with E-state index in [1.54, 1.807) is 25.1 Å². The minimum Gasteiger partial charge on any atom is -0.462 e. The minimum absolute atomic E-state index is 0.260. The van der Waals surface area contributed by atoms with Crippen molar-refractivity contribution in [1.29, 1.82) is 0 Å². The van der Waals surface area contributed by atoms with E-state index in [4.69, 9.17) is 27.9 Å². The maximum Gasteiger partial charge on any atom is 0.338 e. The number of nitrogens with zero attached hydrogens (tertiary/aromatic N) is 2. The number of hydrogen-bond acceptors (Lipinski definition) is 5. The minimum atomic E-state index is -0.459. The highest BCUT2D eigenvalue weighted by Gasteiger charge is 2.13. The molecule has 0 aliphatic carbocycles. The molecule has 7 heteroatoms. The van der Waals surface area contributed by atoms with E-state index < -0.39 is 5.97 Å². The van der Waals surface area contributed by atoms with Crippen molar-refractivity contribution in [2.75, 3.05) is 6.61 Å². The van der Waals surface area contributed by atoms with Crippen LogP contribution in [-0.4, -0.2) is 28.5 Å². The van der Waals surface area contributed by atoms with E-state index >= 15 is 0 Å². The van der Waals surface area contributed by atoms with Crippen LogP contribution in [0.25, 0.3) is 0 Å². The Hall–Kier alpha value is -2.11. The highest BCUT2D eigenvalue weighted by Crippen LogP contribution is 2.20. The van der Waals surface area contributed by atoms with E-state index in [1.807, 2.05) is 0 Å². The fraction of sp³-hybridized carbons (Fsp3) is 0.188. The molecule has 1 aromatic carbocycles. The molecule has 0 bridgehead atoms. The molecule has 23 heavy (non-hydrogen) atoms. The summed E-state index contributed by atoms with van der Waals surface area (Å²) in [5, 5.41) is 13.5. The quantitative estimate of drug-likeness (QED) is 0.382. The van der Waals surface area contributed by atoms with Crippen LogP contribution in [0.3, 0.4) is 0 Å². The lowest BCUT2D eigenvalue weighted by Gasteiger charge is -2.07. The number of carbonyl (C=O) groups is 1. The second kappa shape index (κ2) is 7.94. The summed E-state index contributed by atoms with van der Waals surface area (Å²) >= 11 is 11.9. The van der Waals surface area contributed by atoms with Crippen molar-refractivity contribution >= 4 is 34.9 Å². The zero-order valence-electron chi connectivity index (χ0n) is 12.3. The Labute approximate surface area is 143 Å². The summed E-state index contributed by atoms with van der Waals surface area (Å²) in [4.78, 5) is 15.9. The second-order valence-corrected chi connectivity index (χ2v) is 5.52. The molecule has 1 heterocycles. The molecule has 0 radical (unpaired) electrons. The SMILES string of the molecule is CCOC(=O)c1ccnc(/C(Cc2cc(Cl)cc(Cl)c2)=N/O)c1. The lowest BCUT2D eigenvalue weighted by Crippen LogP contribution is -2.11. The molecule has 5 nitrogen and oxygen atoms in total. The van der Waals surface area contributed by atoms with E-state index in [0.29, 0.717) is 21.3 Å². The van der Waals surface area contributed by atoms with Gasteiger partial charge in [0, 0.05) is 22.7 Å². The number of hydrogen-bond donors (Lipinski definition) is 1. The number of oxime groups is 1. The van der Waals surface area contributed by atoms with Crippen LogP contribution < -0.4 is 0 Å². The number of rotatable bonds is 5. The molecule has 0 amide bonds. The summed E-state index contributed by atoms with van der Waals surface area (Å²) in [5.74, 6) is -0.459. The standard InChI is InChI=1S/C16H14Cl2N2O3/c1-2-23-16(21)11-3-4-19-14(8-11)15(20-22)7-10-5-12(17)9-13(18)6-10/h3-6,8-9,22H,2,7H2,1H3/b20-15+. The summed E-state index contributed by atoms with van der Waals surface area (Å²) in [6, 6.07) is 8.09. The third-order valence-electron chi connectivity index (χ3n) is 2.98. The van der Waals surface area contributed by atoms with Crippen molar-refractivity contribution in [2.24, 2.45) is 5.16 Å². The van der Waals surface area contributed by atoms with Gasteiger partial charge in [-0.25, -0.2) is 4.79 Å². The Morgan fingerprint density at radius 3 is 2.57 bits per heavy atom. The number of carbonyl (C=O) groups excluding carboxylic acids is 1. The number of halogens is 2. The molecule has 120 valence electrons. The van der Waals surface area contributed by atoms with Crippen LogP contribution in [0.2, 0.25) is 10.0 Å². The van der Waals surface area contributed by atoms with Gasteiger partial charge < -0.3 is 9.94 Å². The van der Waals surface area contributed by atoms with Gasteiger partial charge in [0.25, 0.3) is 0 Å². The Bertz CT molecular complexity index is 728. The molecule has 1 aromatic heterocycles. The van der Waals surface area contributed by atoms with Crippen LogP contribution in [-0.2, 0) is 11.2 Å². The summed E-state index contributed by atoms with van der Waals surface area (Å²) in [5.41, 5.74) is 1.75. The van der Waals surface area contributed by atoms with Crippen molar-refractivity contribution in [3.05, 3.63) is 63.4 Å². The molecule has 0 aliphatic heterocycles. The van der Waals surface area contributed by atoms with Gasteiger partial charge in [0.2, 0.25) is 0 Å². The summed E-state index contributed by atoms with van der Waals surface area (Å²) in [6.45, 7) is 2.00. The van der Waals surface area contributed by atoms with Crippen molar-refractivity contribution in [3.8, 4) is 0 Å². The molecule has 0 atom stereocenters. The first kappa shape index (κ1) is 17.2. The van der Waals surface area contributed by atoms with Crippen LogP contribution in [0.15, 0.2) is 41.7 Å². The van der Waals surface area contributed by atoms with Crippen LogP contribution in [0, 0.1) is 0 Å². The predicted octanol–water partition coefficient (Wildman–Crippen LogP) is 3.99. The molecule has 2 aromatic rings. The third kappa shape index (κ3) is 4.68. The van der Waals surface area contributed by atoms with Crippen LogP contribution >= 0.6 is 23.2 Å². The molecule has 0 spiro atoms. The summed E-state index contributed by atoms with van der Waals surface area (Å²) in [6.07, 6.45) is 1.72. The van der Waals surface area contributed by atoms with Gasteiger partial charge >= 0.3 is 5.97 Å². The van der Waals surface area contributed by atoms with E-state index in [9.17, 15) is 10.0 Å². The fourth-order valence-electron chi connectivity index (χ4n) is 2.01. The topological polar surface area (TPSA) is 71.8 Å². The van der Waals surface area contributed by atoms with Gasteiger partial charge in [0.15, 0.2) is 0 Å². The normalized spacial score (nSPS) is 11.3. The van der Waals surface area contributed by atoms with E-state index in [1.165, 1.54) is 18.3 Å². The van der Waals surface area contributed by atoms with Gasteiger partial charge in [0.05, 0.1) is 17.9 Å². The van der Waals surface area contributed by atoms with Crippen LogP contribution in [0.4, 0.5) is 0 Å². The smallest absolute Gasteiger partial charge is 0.338 e. The number of aromatic nitrogens is 1. The van der Waals surface area contributed by atoms with Crippen molar-refractivity contribution in [1.82, 2.24) is 4.98 Å². The molecule has 0 fully saturated rings. The molecule has 1 N–H and O–H groups in total. The van der Waals surface area contributed by atoms with Crippen LogP contribution in [0.1, 0.15) is 28.5 Å². The first-order valence-corrected chi connectivity index (χ1v) is 7.58. The average Bonchev–Trinajstić information content (AvgIpc) is 2.52. The van der Waals surface area contributed by atoms with Crippen molar-refractivity contribution in [2.45, 2.75) is 13.3 Å². The number of benzene rings is 1. The largest absolute Gasteiger partial charge is 0.462 e. The lowest BCUT2D eigenvalue weighted by atomic mass is 10.0.